The number of carbonyl (C=O) groups excluding carboxylic acids is 1. The van der Waals surface area contributed by atoms with Gasteiger partial charge in [-0.1, -0.05) is 6.92 Å². The minimum atomic E-state index is 0.133. The SMILES string of the molecule is CCCSCC(C)N=C=O. The molecule has 0 saturated carbocycles. The molecule has 0 amide bonds. The average molecular weight is 159 g/mol. The Hall–Kier alpha value is -0.270. The molecule has 0 radical (unpaired) electrons. The summed E-state index contributed by atoms with van der Waals surface area (Å²) in [4.78, 5) is 13.3. The zero-order valence-corrected chi connectivity index (χ0v) is 7.28. The van der Waals surface area contributed by atoms with Gasteiger partial charge in [0.15, 0.2) is 0 Å². The van der Waals surface area contributed by atoms with E-state index in [-0.39, 0.29) is 6.04 Å². The lowest BCUT2D eigenvalue weighted by atomic mass is 10.4. The van der Waals surface area contributed by atoms with Crippen LogP contribution in [-0.2, 0) is 4.79 Å². The summed E-state index contributed by atoms with van der Waals surface area (Å²) >= 11 is 1.83. The molecule has 0 rings (SSSR count). The molecule has 0 N–H and O–H groups in total. The van der Waals surface area contributed by atoms with E-state index in [1.807, 2.05) is 18.7 Å². The molecule has 0 aromatic rings. The van der Waals surface area contributed by atoms with Crippen molar-refractivity contribution in [1.82, 2.24) is 0 Å². The van der Waals surface area contributed by atoms with Gasteiger partial charge in [0.25, 0.3) is 0 Å². The predicted octanol–water partition coefficient (Wildman–Crippen LogP) is 1.85. The van der Waals surface area contributed by atoms with E-state index in [0.717, 1.165) is 11.5 Å². The molecule has 2 nitrogen and oxygen atoms in total. The van der Waals surface area contributed by atoms with E-state index < -0.39 is 0 Å². The van der Waals surface area contributed by atoms with Crippen molar-refractivity contribution in [3.8, 4) is 0 Å². The van der Waals surface area contributed by atoms with Crippen LogP contribution in [0.4, 0.5) is 0 Å². The third-order valence-corrected chi connectivity index (χ3v) is 2.40. The molecular formula is C7H13NOS. The molecule has 58 valence electrons. The number of aliphatic imine (C=N–C) groups is 1. The summed E-state index contributed by atoms with van der Waals surface area (Å²) in [7, 11) is 0. The second kappa shape index (κ2) is 6.84. The molecule has 0 aliphatic heterocycles. The van der Waals surface area contributed by atoms with Crippen molar-refractivity contribution in [3.05, 3.63) is 0 Å². The van der Waals surface area contributed by atoms with E-state index in [4.69, 9.17) is 0 Å². The molecule has 0 spiro atoms. The molecule has 3 heteroatoms. The molecule has 0 aromatic carbocycles. The maximum Gasteiger partial charge on any atom is 0.235 e. The van der Waals surface area contributed by atoms with Crippen LogP contribution in [0.5, 0.6) is 0 Å². The maximum atomic E-state index is 9.75. The van der Waals surface area contributed by atoms with E-state index in [0.29, 0.717) is 0 Å². The van der Waals surface area contributed by atoms with Crippen LogP contribution in [-0.4, -0.2) is 23.6 Å². The standard InChI is InChI=1S/C7H13NOS/c1-3-4-10-5-7(2)8-6-9/h7H,3-5H2,1-2H3. The van der Waals surface area contributed by atoms with Crippen LogP contribution < -0.4 is 0 Å². The van der Waals surface area contributed by atoms with E-state index in [1.54, 1.807) is 6.08 Å². The summed E-state index contributed by atoms with van der Waals surface area (Å²) in [6, 6.07) is 0.133. The average Bonchev–Trinajstić information content (AvgIpc) is 1.89. The lowest BCUT2D eigenvalue weighted by Crippen LogP contribution is -2.01. The highest BCUT2D eigenvalue weighted by Crippen LogP contribution is 2.05. The second-order valence-corrected chi connectivity index (χ2v) is 3.29. The monoisotopic (exact) mass is 159 g/mol. The fraction of sp³-hybridized carbons (Fsp3) is 0.857. The lowest BCUT2D eigenvalue weighted by Gasteiger charge is -2.00. The first-order valence-electron chi connectivity index (χ1n) is 3.46. The third kappa shape index (κ3) is 5.86. The summed E-state index contributed by atoms with van der Waals surface area (Å²) in [5.74, 6) is 2.09. The Morgan fingerprint density at radius 3 is 2.90 bits per heavy atom. The highest BCUT2D eigenvalue weighted by atomic mass is 32.2. The van der Waals surface area contributed by atoms with Gasteiger partial charge in [0, 0.05) is 5.75 Å². The van der Waals surface area contributed by atoms with Crippen molar-refractivity contribution in [1.29, 1.82) is 0 Å². The van der Waals surface area contributed by atoms with Crippen molar-refractivity contribution in [2.45, 2.75) is 26.3 Å². The van der Waals surface area contributed by atoms with Crippen LogP contribution in [0.1, 0.15) is 20.3 Å². The van der Waals surface area contributed by atoms with Crippen LogP contribution >= 0.6 is 11.8 Å². The fourth-order valence-electron chi connectivity index (χ4n) is 0.525. The molecule has 0 heterocycles. The molecule has 1 atom stereocenters. The van der Waals surface area contributed by atoms with Gasteiger partial charge in [0.2, 0.25) is 6.08 Å². The van der Waals surface area contributed by atoms with Crippen molar-refractivity contribution >= 4 is 17.8 Å². The van der Waals surface area contributed by atoms with Gasteiger partial charge < -0.3 is 0 Å². The maximum absolute atomic E-state index is 9.75. The first kappa shape index (κ1) is 9.73. The predicted molar refractivity (Wildman–Crippen MR) is 45.2 cm³/mol. The number of isocyanates is 1. The van der Waals surface area contributed by atoms with Crippen molar-refractivity contribution in [2.75, 3.05) is 11.5 Å². The Morgan fingerprint density at radius 2 is 2.40 bits per heavy atom. The smallest absolute Gasteiger partial charge is 0.211 e. The van der Waals surface area contributed by atoms with E-state index in [9.17, 15) is 4.79 Å². The van der Waals surface area contributed by atoms with Crippen LogP contribution in [0.3, 0.4) is 0 Å². The molecule has 0 fully saturated rings. The van der Waals surface area contributed by atoms with Gasteiger partial charge in [0.05, 0.1) is 6.04 Å². The van der Waals surface area contributed by atoms with Gasteiger partial charge in [-0.25, -0.2) is 9.79 Å². The Labute approximate surface area is 66.1 Å². The second-order valence-electron chi connectivity index (χ2n) is 2.14. The number of rotatable bonds is 5. The summed E-state index contributed by atoms with van der Waals surface area (Å²) < 4.78 is 0. The van der Waals surface area contributed by atoms with Gasteiger partial charge in [-0.2, -0.15) is 11.8 Å². The minimum Gasteiger partial charge on any atom is -0.211 e. The zero-order valence-electron chi connectivity index (χ0n) is 6.46. The number of hydrogen-bond acceptors (Lipinski definition) is 3. The molecule has 0 bridgehead atoms. The molecular weight excluding hydrogens is 146 g/mol. The molecule has 0 aromatic heterocycles. The van der Waals surface area contributed by atoms with Crippen molar-refractivity contribution in [3.63, 3.8) is 0 Å². The number of thioether (sulfide) groups is 1. The highest BCUT2D eigenvalue weighted by Gasteiger charge is 1.96. The van der Waals surface area contributed by atoms with E-state index in [1.165, 1.54) is 6.42 Å². The Balaban J connectivity index is 3.21. The molecule has 0 aliphatic carbocycles. The van der Waals surface area contributed by atoms with Crippen LogP contribution in [0, 0.1) is 0 Å². The van der Waals surface area contributed by atoms with Gasteiger partial charge in [-0.15, -0.1) is 0 Å². The summed E-state index contributed by atoms with van der Waals surface area (Å²) in [5, 5.41) is 0. The fourth-order valence-corrected chi connectivity index (χ4v) is 1.40. The van der Waals surface area contributed by atoms with Gasteiger partial charge in [0.1, 0.15) is 0 Å². The van der Waals surface area contributed by atoms with Gasteiger partial charge in [-0.05, 0) is 19.1 Å². The van der Waals surface area contributed by atoms with Gasteiger partial charge in [-0.3, -0.25) is 0 Å². The van der Waals surface area contributed by atoms with Crippen LogP contribution in [0.2, 0.25) is 0 Å². The first-order chi connectivity index (χ1) is 4.81. The van der Waals surface area contributed by atoms with Crippen LogP contribution in [0.15, 0.2) is 4.99 Å². The van der Waals surface area contributed by atoms with Crippen molar-refractivity contribution < 1.29 is 4.79 Å². The number of hydrogen-bond donors (Lipinski definition) is 0. The Kier molecular flexibility index (Phi) is 6.66. The number of nitrogens with zero attached hydrogens (tertiary/aromatic N) is 1. The Morgan fingerprint density at radius 1 is 1.70 bits per heavy atom. The topological polar surface area (TPSA) is 29.4 Å². The quantitative estimate of drug-likeness (QED) is 0.348. The van der Waals surface area contributed by atoms with Gasteiger partial charge >= 0.3 is 0 Å². The zero-order chi connectivity index (χ0) is 7.82. The summed E-state index contributed by atoms with van der Waals surface area (Å²) in [6.45, 7) is 4.06. The molecule has 0 saturated heterocycles. The lowest BCUT2D eigenvalue weighted by molar-refractivity contribution is 0.560. The minimum absolute atomic E-state index is 0.133. The molecule has 1 unspecified atom stereocenters. The van der Waals surface area contributed by atoms with Crippen molar-refractivity contribution in [2.24, 2.45) is 4.99 Å². The third-order valence-electron chi connectivity index (χ3n) is 0.981. The van der Waals surface area contributed by atoms with E-state index in [2.05, 4.69) is 11.9 Å². The highest BCUT2D eigenvalue weighted by molar-refractivity contribution is 7.99. The molecule has 10 heavy (non-hydrogen) atoms. The Bertz CT molecular complexity index is 121. The molecule has 0 aliphatic rings. The normalized spacial score (nSPS) is 12.2. The summed E-state index contributed by atoms with van der Waals surface area (Å²) in [6.07, 6.45) is 2.74. The first-order valence-corrected chi connectivity index (χ1v) is 4.61. The summed E-state index contributed by atoms with van der Waals surface area (Å²) in [5.41, 5.74) is 0. The largest absolute Gasteiger partial charge is 0.235 e. The van der Waals surface area contributed by atoms with Crippen LogP contribution in [0.25, 0.3) is 0 Å². The van der Waals surface area contributed by atoms with E-state index >= 15 is 0 Å².